The first-order chi connectivity index (χ1) is 12.8. The van der Waals surface area contributed by atoms with Crippen LogP contribution in [0.2, 0.25) is 0 Å². The van der Waals surface area contributed by atoms with Crippen molar-refractivity contribution in [3.8, 4) is 0 Å². The molecule has 0 saturated carbocycles. The maximum absolute atomic E-state index is 13.2. The highest BCUT2D eigenvalue weighted by molar-refractivity contribution is 7.91. The number of unbranched alkanes of at least 4 members (excludes halogenated alkanes) is 3. The normalized spacial score (nSPS) is 11.4. The van der Waals surface area contributed by atoms with Crippen molar-refractivity contribution in [2.45, 2.75) is 62.7 Å². The molecule has 2 aromatic rings. The van der Waals surface area contributed by atoms with Gasteiger partial charge in [-0.25, -0.2) is 13.2 Å². The SMILES string of the molecule is CCCCCCc1cc(C)c(C)cc1S(=O)(=O)c1ccc(C(=O)OC)cc1. The van der Waals surface area contributed by atoms with Crippen molar-refractivity contribution in [2.75, 3.05) is 7.11 Å². The Morgan fingerprint density at radius 1 is 0.963 bits per heavy atom. The van der Waals surface area contributed by atoms with Crippen molar-refractivity contribution in [3.63, 3.8) is 0 Å². The van der Waals surface area contributed by atoms with Gasteiger partial charge in [-0.2, -0.15) is 0 Å². The van der Waals surface area contributed by atoms with Crippen molar-refractivity contribution in [3.05, 3.63) is 58.7 Å². The molecule has 0 aliphatic carbocycles. The number of methoxy groups -OCH3 is 1. The van der Waals surface area contributed by atoms with Crippen LogP contribution in [0.3, 0.4) is 0 Å². The van der Waals surface area contributed by atoms with E-state index in [1.54, 1.807) is 6.07 Å². The second-order valence-electron chi connectivity index (χ2n) is 6.87. The number of carbonyl (C=O) groups excluding carboxylic acids is 1. The second-order valence-corrected chi connectivity index (χ2v) is 8.79. The summed E-state index contributed by atoms with van der Waals surface area (Å²) in [6.45, 7) is 6.09. The van der Waals surface area contributed by atoms with Crippen LogP contribution in [0.25, 0.3) is 0 Å². The van der Waals surface area contributed by atoms with Gasteiger partial charge in [0.25, 0.3) is 0 Å². The van der Waals surface area contributed by atoms with Crippen molar-refractivity contribution in [1.82, 2.24) is 0 Å². The fraction of sp³-hybridized carbons (Fsp3) is 0.409. The van der Waals surface area contributed by atoms with Crippen molar-refractivity contribution < 1.29 is 17.9 Å². The molecule has 0 aliphatic rings. The average molecular weight is 389 g/mol. The van der Waals surface area contributed by atoms with E-state index in [1.807, 2.05) is 19.9 Å². The summed E-state index contributed by atoms with van der Waals surface area (Å²) >= 11 is 0. The van der Waals surface area contributed by atoms with Gasteiger partial charge in [-0.3, -0.25) is 0 Å². The van der Waals surface area contributed by atoms with Gasteiger partial charge in [0.2, 0.25) is 9.84 Å². The molecule has 0 fully saturated rings. The lowest BCUT2D eigenvalue weighted by molar-refractivity contribution is 0.0600. The molecule has 0 radical (unpaired) electrons. The van der Waals surface area contributed by atoms with Crippen LogP contribution < -0.4 is 0 Å². The van der Waals surface area contributed by atoms with Gasteiger partial charge < -0.3 is 4.74 Å². The summed E-state index contributed by atoms with van der Waals surface area (Å²) < 4.78 is 31.2. The predicted molar refractivity (Wildman–Crippen MR) is 107 cm³/mol. The fourth-order valence-electron chi connectivity index (χ4n) is 3.05. The number of benzene rings is 2. The zero-order valence-corrected chi connectivity index (χ0v) is 17.4. The molecule has 4 nitrogen and oxygen atoms in total. The molecule has 0 bridgehead atoms. The number of aryl methyl sites for hydroxylation is 3. The van der Waals surface area contributed by atoms with E-state index in [2.05, 4.69) is 11.7 Å². The number of esters is 1. The van der Waals surface area contributed by atoms with E-state index >= 15 is 0 Å². The molecule has 0 N–H and O–H groups in total. The first-order valence-electron chi connectivity index (χ1n) is 9.34. The summed E-state index contributed by atoms with van der Waals surface area (Å²) in [6.07, 6.45) is 5.11. The largest absolute Gasteiger partial charge is 0.465 e. The Labute approximate surface area is 162 Å². The maximum Gasteiger partial charge on any atom is 0.337 e. The van der Waals surface area contributed by atoms with Gasteiger partial charge >= 0.3 is 5.97 Å². The Hall–Kier alpha value is -2.14. The molecule has 0 saturated heterocycles. The molecule has 0 unspecified atom stereocenters. The lowest BCUT2D eigenvalue weighted by Crippen LogP contribution is -2.08. The van der Waals surface area contributed by atoms with E-state index < -0.39 is 15.8 Å². The van der Waals surface area contributed by atoms with Gasteiger partial charge in [-0.05, 0) is 73.7 Å². The number of hydrogen-bond acceptors (Lipinski definition) is 4. The Bertz CT molecular complexity index is 897. The third kappa shape index (κ3) is 4.98. The molecule has 0 heterocycles. The average Bonchev–Trinajstić information content (AvgIpc) is 2.67. The molecule has 0 spiro atoms. The lowest BCUT2D eigenvalue weighted by Gasteiger charge is -2.14. The lowest BCUT2D eigenvalue weighted by atomic mass is 10.0. The highest BCUT2D eigenvalue weighted by Crippen LogP contribution is 2.28. The number of hydrogen-bond donors (Lipinski definition) is 0. The van der Waals surface area contributed by atoms with Gasteiger partial charge in [0.15, 0.2) is 0 Å². The van der Waals surface area contributed by atoms with Crippen LogP contribution in [-0.2, 0) is 21.0 Å². The minimum Gasteiger partial charge on any atom is -0.465 e. The van der Waals surface area contributed by atoms with E-state index in [-0.39, 0.29) is 4.90 Å². The van der Waals surface area contributed by atoms with E-state index in [0.717, 1.165) is 48.8 Å². The molecule has 2 rings (SSSR count). The summed E-state index contributed by atoms with van der Waals surface area (Å²) in [6, 6.07) is 9.68. The molecular weight excluding hydrogens is 360 g/mol. The molecule has 27 heavy (non-hydrogen) atoms. The molecule has 0 aromatic heterocycles. The summed E-state index contributed by atoms with van der Waals surface area (Å²) in [7, 11) is -2.35. The standard InChI is InChI=1S/C22H28O4S/c1-5-6-7-8-9-19-14-16(2)17(3)15-21(19)27(24,25)20-12-10-18(11-13-20)22(23)26-4/h10-15H,5-9H2,1-4H3. The molecule has 0 aliphatic heterocycles. The molecule has 0 atom stereocenters. The molecule has 2 aromatic carbocycles. The van der Waals surface area contributed by atoms with Crippen molar-refractivity contribution >= 4 is 15.8 Å². The first-order valence-corrected chi connectivity index (χ1v) is 10.8. The highest BCUT2D eigenvalue weighted by Gasteiger charge is 2.22. The van der Waals surface area contributed by atoms with Crippen LogP contribution in [0.4, 0.5) is 0 Å². The zero-order chi connectivity index (χ0) is 20.0. The molecule has 146 valence electrons. The number of ether oxygens (including phenoxy) is 1. The Balaban J connectivity index is 2.41. The van der Waals surface area contributed by atoms with Crippen LogP contribution in [0.5, 0.6) is 0 Å². The second kappa shape index (κ2) is 9.18. The quantitative estimate of drug-likeness (QED) is 0.469. The number of carbonyl (C=O) groups is 1. The van der Waals surface area contributed by atoms with Crippen molar-refractivity contribution in [1.29, 1.82) is 0 Å². The van der Waals surface area contributed by atoms with Crippen LogP contribution in [0, 0.1) is 13.8 Å². The van der Waals surface area contributed by atoms with Gasteiger partial charge in [0.1, 0.15) is 0 Å². The molecular formula is C22H28O4S. The van der Waals surface area contributed by atoms with E-state index in [4.69, 9.17) is 0 Å². The summed E-state index contributed by atoms with van der Waals surface area (Å²) in [5.41, 5.74) is 3.25. The van der Waals surface area contributed by atoms with Gasteiger partial charge in [-0.15, -0.1) is 0 Å². The minimum absolute atomic E-state index is 0.188. The third-order valence-corrected chi connectivity index (χ3v) is 6.70. The van der Waals surface area contributed by atoms with Crippen LogP contribution in [-0.4, -0.2) is 21.5 Å². The van der Waals surface area contributed by atoms with Gasteiger partial charge in [0.05, 0.1) is 22.5 Å². The van der Waals surface area contributed by atoms with E-state index in [0.29, 0.717) is 10.5 Å². The summed E-state index contributed by atoms with van der Waals surface area (Å²) in [5.74, 6) is -0.484. The van der Waals surface area contributed by atoms with E-state index in [9.17, 15) is 13.2 Å². The highest BCUT2D eigenvalue weighted by atomic mass is 32.2. The Kier molecular flexibility index (Phi) is 7.19. The molecule has 5 heteroatoms. The first kappa shape index (κ1) is 21.2. The Morgan fingerprint density at radius 3 is 2.19 bits per heavy atom. The van der Waals surface area contributed by atoms with Gasteiger partial charge in [-0.1, -0.05) is 32.3 Å². The summed E-state index contributed by atoms with van der Waals surface area (Å²) in [5, 5.41) is 0. The third-order valence-electron chi connectivity index (χ3n) is 4.85. The predicted octanol–water partition coefficient (Wildman–Crippen LogP) is 5.05. The summed E-state index contributed by atoms with van der Waals surface area (Å²) in [4.78, 5) is 12.1. The molecule has 0 amide bonds. The van der Waals surface area contributed by atoms with Crippen molar-refractivity contribution in [2.24, 2.45) is 0 Å². The minimum atomic E-state index is -3.65. The van der Waals surface area contributed by atoms with Crippen LogP contribution in [0.1, 0.15) is 59.7 Å². The smallest absolute Gasteiger partial charge is 0.337 e. The van der Waals surface area contributed by atoms with Crippen LogP contribution >= 0.6 is 0 Å². The van der Waals surface area contributed by atoms with Gasteiger partial charge in [0, 0.05) is 0 Å². The Morgan fingerprint density at radius 2 is 1.59 bits per heavy atom. The van der Waals surface area contributed by atoms with Crippen LogP contribution in [0.15, 0.2) is 46.2 Å². The number of sulfone groups is 1. The number of rotatable bonds is 8. The maximum atomic E-state index is 13.2. The zero-order valence-electron chi connectivity index (χ0n) is 16.5. The monoisotopic (exact) mass is 388 g/mol. The fourth-order valence-corrected chi connectivity index (χ4v) is 4.64. The van der Waals surface area contributed by atoms with E-state index in [1.165, 1.54) is 31.4 Å². The topological polar surface area (TPSA) is 60.4 Å².